The summed E-state index contributed by atoms with van der Waals surface area (Å²) in [5.41, 5.74) is 3.79. The summed E-state index contributed by atoms with van der Waals surface area (Å²) in [6, 6.07) is 39.4. The number of carboxylic acid groups (broad SMARTS) is 1. The van der Waals surface area contributed by atoms with Gasteiger partial charge in [-0.3, -0.25) is 33.6 Å². The minimum Gasteiger partial charge on any atom is -0.508 e. The summed E-state index contributed by atoms with van der Waals surface area (Å²) in [6.07, 6.45) is 5.46. The van der Waals surface area contributed by atoms with Gasteiger partial charge >= 0.3 is 29.8 Å². The van der Waals surface area contributed by atoms with Crippen LogP contribution in [0.5, 0.6) is 11.5 Å². The van der Waals surface area contributed by atoms with Crippen molar-refractivity contribution in [3.8, 4) is 11.5 Å². The maximum Gasteiger partial charge on any atom is 0.336 e. The summed E-state index contributed by atoms with van der Waals surface area (Å²) in [7, 11) is 1.67. The average molecular weight is 1450 g/mol. The SMILES string of the molecule is CNC(Cc1ccccc1)C(=O)OCCCCOC(=O)C(Cc1ccccc1)NC(=O)C(CCCCNC(=O)c1ccc(C2c3ccc(O)cc3OC3=CC(=O)C=CC32)c(C(=O)O)c1)NC(=O)CCC(=O)NC(Cc1ccccc1)C(=O)OCCCCOC(=O)C(Cc1ccccc1)NC(=O)CCC(C)=O. The van der Waals surface area contributed by atoms with Gasteiger partial charge in [0.05, 0.1) is 32.0 Å². The van der Waals surface area contributed by atoms with E-state index in [1.165, 1.54) is 49.4 Å². The van der Waals surface area contributed by atoms with E-state index in [1.807, 2.05) is 36.4 Å². The largest absolute Gasteiger partial charge is 0.508 e. The quantitative estimate of drug-likeness (QED) is 0.0104. The number of ketones is 2. The number of amides is 5. The third-order valence-corrected chi connectivity index (χ3v) is 17.7. The highest BCUT2D eigenvalue weighted by Gasteiger charge is 2.39. The number of hydrogen-bond donors (Lipinski definition) is 8. The van der Waals surface area contributed by atoms with Crippen LogP contribution in [0.15, 0.2) is 182 Å². The monoisotopic (exact) mass is 1450 g/mol. The Kier molecular flexibility index (Phi) is 31.5. The zero-order chi connectivity index (χ0) is 75.7. The first kappa shape index (κ1) is 80.1. The summed E-state index contributed by atoms with van der Waals surface area (Å²) >= 11 is 0. The molecule has 5 amide bonds. The number of benzene rings is 6. The number of hydrogen-bond acceptors (Lipinski definition) is 19. The number of rotatable bonds is 42. The summed E-state index contributed by atoms with van der Waals surface area (Å²) in [5.74, 6) is -8.68. The lowest BCUT2D eigenvalue weighted by atomic mass is 9.74. The number of ether oxygens (including phenoxy) is 5. The van der Waals surface area contributed by atoms with Crippen LogP contribution in [0.1, 0.15) is 138 Å². The van der Waals surface area contributed by atoms with Crippen molar-refractivity contribution in [2.24, 2.45) is 5.92 Å². The number of allylic oxidation sites excluding steroid dienone is 3. The lowest BCUT2D eigenvalue weighted by Gasteiger charge is -2.35. The fourth-order valence-electron chi connectivity index (χ4n) is 12.1. The maximum absolute atomic E-state index is 14.6. The minimum absolute atomic E-state index is 0.0116. The second-order valence-electron chi connectivity index (χ2n) is 25.8. The van der Waals surface area contributed by atoms with Gasteiger partial charge in [-0.2, -0.15) is 0 Å². The summed E-state index contributed by atoms with van der Waals surface area (Å²) in [5, 5.41) is 37.5. The van der Waals surface area contributed by atoms with Gasteiger partial charge in [-0.25, -0.2) is 19.2 Å². The normalized spacial score (nSPS) is 14.8. The number of carboxylic acids is 1. The Bertz CT molecular complexity index is 4100. The summed E-state index contributed by atoms with van der Waals surface area (Å²) in [6.45, 7) is 1.18. The van der Waals surface area contributed by atoms with Crippen molar-refractivity contribution in [2.45, 2.75) is 139 Å². The molecule has 0 aromatic heterocycles. The Labute approximate surface area is 614 Å². The molecule has 558 valence electrons. The number of fused-ring (bicyclic) bond motifs is 2. The van der Waals surface area contributed by atoms with Gasteiger partial charge in [0.15, 0.2) is 5.78 Å². The molecule has 106 heavy (non-hydrogen) atoms. The Morgan fingerprint density at radius 1 is 0.491 bits per heavy atom. The lowest BCUT2D eigenvalue weighted by Crippen LogP contribution is -2.52. The average Bonchev–Trinajstić information content (AvgIpc) is 0.747. The molecule has 0 spiro atoms. The molecule has 8 N–H and O–H groups in total. The summed E-state index contributed by atoms with van der Waals surface area (Å²) in [4.78, 5) is 159. The zero-order valence-corrected chi connectivity index (χ0v) is 59.3. The van der Waals surface area contributed by atoms with Crippen molar-refractivity contribution >= 4 is 70.9 Å². The molecule has 0 saturated heterocycles. The number of carbonyl (C=O) groups is 12. The van der Waals surface area contributed by atoms with Crippen LogP contribution in [0, 0.1) is 5.92 Å². The van der Waals surface area contributed by atoms with Gasteiger partial charge in [0, 0.05) is 86.6 Å². The number of esters is 4. The number of aromatic carboxylic acids is 1. The third-order valence-electron chi connectivity index (χ3n) is 17.7. The number of nitrogens with one attached hydrogen (secondary N) is 6. The van der Waals surface area contributed by atoms with E-state index in [1.54, 1.807) is 104 Å². The fraction of sp³-hybridized carbons (Fsp3) is 0.358. The van der Waals surface area contributed by atoms with Crippen molar-refractivity contribution in [1.82, 2.24) is 31.9 Å². The van der Waals surface area contributed by atoms with Crippen LogP contribution in [-0.4, -0.2) is 151 Å². The molecule has 1 heterocycles. The van der Waals surface area contributed by atoms with E-state index in [0.29, 0.717) is 41.5 Å². The maximum atomic E-state index is 14.6. The van der Waals surface area contributed by atoms with Crippen LogP contribution in [0.25, 0.3) is 0 Å². The molecule has 1 aliphatic carbocycles. The van der Waals surface area contributed by atoms with Crippen LogP contribution in [0.3, 0.4) is 0 Å². The van der Waals surface area contributed by atoms with Gasteiger partial charge in [0.2, 0.25) is 23.6 Å². The molecule has 7 unspecified atom stereocenters. The number of unbranched alkanes of at least 4 members (excludes halogenated alkanes) is 3. The number of phenols is 1. The molecule has 25 nitrogen and oxygen atoms in total. The summed E-state index contributed by atoms with van der Waals surface area (Å²) < 4.78 is 28.4. The fourth-order valence-corrected chi connectivity index (χ4v) is 12.1. The second-order valence-corrected chi connectivity index (χ2v) is 25.8. The number of carbonyl (C=O) groups excluding carboxylic acids is 11. The molecule has 8 rings (SSSR count). The van der Waals surface area contributed by atoms with Gasteiger partial charge in [-0.15, -0.1) is 0 Å². The first-order valence-corrected chi connectivity index (χ1v) is 35.5. The molecular formula is C81H90N6O19. The van der Waals surface area contributed by atoms with Crippen molar-refractivity contribution in [1.29, 1.82) is 0 Å². The highest BCUT2D eigenvalue weighted by molar-refractivity contribution is 6.01. The Balaban J connectivity index is 0.890. The highest BCUT2D eigenvalue weighted by Crippen LogP contribution is 2.49. The molecule has 0 saturated carbocycles. The predicted molar refractivity (Wildman–Crippen MR) is 388 cm³/mol. The van der Waals surface area contributed by atoms with Gasteiger partial charge in [-0.05, 0) is 117 Å². The molecule has 6 aromatic carbocycles. The smallest absolute Gasteiger partial charge is 0.336 e. The van der Waals surface area contributed by atoms with Crippen molar-refractivity contribution in [2.75, 3.05) is 40.0 Å². The van der Waals surface area contributed by atoms with E-state index < -0.39 is 114 Å². The Morgan fingerprint density at radius 2 is 0.925 bits per heavy atom. The molecule has 0 fully saturated rings. The van der Waals surface area contributed by atoms with Gasteiger partial charge in [0.1, 0.15) is 53.3 Å². The molecular weight excluding hydrogens is 1360 g/mol. The number of likely N-dealkylation sites (N-methyl/N-ethyl adjacent to an activating group) is 1. The van der Waals surface area contributed by atoms with Crippen LogP contribution < -0.4 is 36.6 Å². The van der Waals surface area contributed by atoms with Gasteiger partial charge < -0.3 is 70.6 Å². The molecule has 2 aliphatic rings. The molecule has 7 atom stereocenters. The van der Waals surface area contributed by atoms with Crippen molar-refractivity contribution in [3.05, 3.63) is 226 Å². The zero-order valence-electron chi connectivity index (χ0n) is 59.3. The number of Topliss-reactive ketones (excluding diaryl/α,β-unsaturated/α-hetero) is 1. The molecule has 0 radical (unpaired) electrons. The van der Waals surface area contributed by atoms with Crippen molar-refractivity contribution < 1.29 is 91.4 Å². The minimum atomic E-state index is -1.33. The molecule has 1 aliphatic heterocycles. The van der Waals surface area contributed by atoms with Gasteiger partial charge in [-0.1, -0.05) is 140 Å². The third kappa shape index (κ3) is 25.7. The second kappa shape index (κ2) is 41.6. The van der Waals surface area contributed by atoms with E-state index in [4.69, 9.17) is 23.7 Å². The predicted octanol–water partition coefficient (Wildman–Crippen LogP) is 7.53. The lowest BCUT2D eigenvalue weighted by molar-refractivity contribution is -0.150. The van der Waals surface area contributed by atoms with E-state index in [0.717, 1.165) is 11.1 Å². The van der Waals surface area contributed by atoms with Crippen molar-refractivity contribution in [3.63, 3.8) is 0 Å². The topological polar surface area (TPSA) is 364 Å². The first-order valence-electron chi connectivity index (χ1n) is 35.5. The van der Waals surface area contributed by atoms with Crippen LogP contribution in [-0.2, 0) is 92.6 Å². The number of phenolic OH excluding ortho intramolecular Hbond substituents is 1. The van der Waals surface area contributed by atoms with E-state index in [9.17, 15) is 67.7 Å². The number of aromatic hydroxyl groups is 1. The van der Waals surface area contributed by atoms with Crippen LogP contribution >= 0.6 is 0 Å². The molecule has 0 bridgehead atoms. The molecule has 25 heteroatoms. The van der Waals surface area contributed by atoms with E-state index in [-0.39, 0.29) is 137 Å². The van der Waals surface area contributed by atoms with Crippen LogP contribution in [0.2, 0.25) is 0 Å². The Morgan fingerprint density at radius 3 is 1.39 bits per heavy atom. The van der Waals surface area contributed by atoms with E-state index >= 15 is 0 Å². The van der Waals surface area contributed by atoms with E-state index in [2.05, 4.69) is 31.9 Å². The first-order chi connectivity index (χ1) is 51.2. The van der Waals surface area contributed by atoms with Gasteiger partial charge in [0.25, 0.3) is 5.91 Å². The standard InChI is InChI=1S/C81H90N6O19/c1-52(88)30-37-71(91)85-66(46-54-23-9-4-10-24-54)79(99)103-42-19-20-43-104-80(100)67(47-55-25-11-5-12-26-55)86-73(93)39-38-72(92)84-64(76(95)87-68(48-56-27-13-6-14-28-56)81(101)105-44-18-17-41-102-78(98)65(82-2)45-53-21-7-3-8-22-53)29-15-16-40-83-75(94)57-31-34-60(63(49-57)77(96)97)74-61-35-32-58(89)50-69(61)106-70-51-59(90)33-36-62(70)74/h3-14,21-28,31-36,49-51,61,64-68,74,82,90H,15-20,29-30,37-48H2,1-2H3,(H,83,94)(H,84,92)(H,85,91)(H,86,93)(H,87,95)(H,96,97). The molecule has 6 aromatic rings. The Hall–Kier alpha value is -11.6. The van der Waals surface area contributed by atoms with Crippen LogP contribution in [0.4, 0.5) is 0 Å². The highest BCUT2D eigenvalue weighted by atomic mass is 16.5.